The molecule has 11 heavy (non-hydrogen) atoms. The van der Waals surface area contributed by atoms with E-state index >= 15 is 0 Å². The van der Waals surface area contributed by atoms with Gasteiger partial charge >= 0.3 is 0 Å². The molecule has 0 amide bonds. The van der Waals surface area contributed by atoms with Gasteiger partial charge in [-0.2, -0.15) is 15.0 Å². The lowest BCUT2D eigenvalue weighted by Gasteiger charge is -1.96. The third-order valence-electron chi connectivity index (χ3n) is 1.99. The molecule has 1 aliphatic rings. The summed E-state index contributed by atoms with van der Waals surface area (Å²) in [6.07, 6.45) is 4.39. The monoisotopic (exact) mass is 151 g/mol. The highest BCUT2D eigenvalue weighted by molar-refractivity contribution is 4.98. The van der Waals surface area contributed by atoms with E-state index in [1.807, 2.05) is 11.0 Å². The topological polar surface area (TPSA) is 30.7 Å². The maximum atomic E-state index is 4.38. The summed E-state index contributed by atoms with van der Waals surface area (Å²) in [5.41, 5.74) is 1.11. The van der Waals surface area contributed by atoms with Gasteiger partial charge in [0.25, 0.3) is 0 Å². The molecule has 0 aliphatic heterocycles. The van der Waals surface area contributed by atoms with Crippen molar-refractivity contribution in [3.8, 4) is 0 Å². The van der Waals surface area contributed by atoms with E-state index in [0.717, 1.165) is 5.69 Å². The van der Waals surface area contributed by atoms with Crippen LogP contribution in [-0.4, -0.2) is 15.0 Å². The van der Waals surface area contributed by atoms with Crippen LogP contribution in [0.25, 0.3) is 0 Å². The summed E-state index contributed by atoms with van der Waals surface area (Å²) in [4.78, 5) is 1.86. The summed E-state index contributed by atoms with van der Waals surface area (Å²) >= 11 is 0. The number of hydrogen-bond acceptors (Lipinski definition) is 2. The summed E-state index contributed by atoms with van der Waals surface area (Å²) in [6.45, 7) is 4.28. The molecule has 0 atom stereocenters. The van der Waals surface area contributed by atoms with Crippen molar-refractivity contribution in [2.75, 3.05) is 0 Å². The summed E-state index contributed by atoms with van der Waals surface area (Å²) in [5, 5.41) is 8.58. The molecule has 1 saturated carbocycles. The summed E-state index contributed by atoms with van der Waals surface area (Å²) in [5.74, 6) is 0.502. The zero-order valence-electron chi connectivity index (χ0n) is 6.99. The van der Waals surface area contributed by atoms with Crippen molar-refractivity contribution < 1.29 is 0 Å². The molecule has 1 heterocycles. The van der Waals surface area contributed by atoms with Gasteiger partial charge in [-0.15, -0.1) is 0 Å². The van der Waals surface area contributed by atoms with Crippen LogP contribution >= 0.6 is 0 Å². The molecule has 2 rings (SSSR count). The Hall–Kier alpha value is -0.860. The Balaban J connectivity index is 2.18. The van der Waals surface area contributed by atoms with Crippen LogP contribution in [0.15, 0.2) is 6.20 Å². The lowest BCUT2D eigenvalue weighted by Crippen LogP contribution is -1.99. The Bertz CT molecular complexity index is 231. The van der Waals surface area contributed by atoms with Gasteiger partial charge in [-0.05, 0) is 18.8 Å². The van der Waals surface area contributed by atoms with Crippen LogP contribution in [0.5, 0.6) is 0 Å². The molecule has 0 radical (unpaired) electrons. The summed E-state index contributed by atoms with van der Waals surface area (Å²) in [6, 6.07) is 0.613. The molecular weight excluding hydrogens is 138 g/mol. The van der Waals surface area contributed by atoms with E-state index in [-0.39, 0.29) is 0 Å². The smallest absolute Gasteiger partial charge is 0.0852 e. The lowest BCUT2D eigenvalue weighted by molar-refractivity contribution is 0.544. The Morgan fingerprint density at radius 3 is 2.73 bits per heavy atom. The first-order valence-corrected chi connectivity index (χ1v) is 4.19. The molecule has 0 spiro atoms. The molecule has 1 aromatic heterocycles. The van der Waals surface area contributed by atoms with Gasteiger partial charge in [0.15, 0.2) is 0 Å². The van der Waals surface area contributed by atoms with Gasteiger partial charge in [-0.1, -0.05) is 13.8 Å². The fourth-order valence-electron chi connectivity index (χ4n) is 1.03. The highest BCUT2D eigenvalue weighted by Crippen LogP contribution is 2.33. The highest BCUT2D eigenvalue weighted by Gasteiger charge is 2.25. The molecule has 1 aliphatic carbocycles. The minimum atomic E-state index is 0.502. The van der Waals surface area contributed by atoms with Crippen LogP contribution in [0.3, 0.4) is 0 Å². The standard InChI is InChI=1S/C8H13N3/c1-6(2)8-5-9-11(10-8)7-3-4-7/h5-7H,3-4H2,1-2H3. The average Bonchev–Trinajstić information content (AvgIpc) is 2.68. The first kappa shape index (κ1) is 6.83. The van der Waals surface area contributed by atoms with Crippen molar-refractivity contribution in [1.29, 1.82) is 0 Å². The normalized spacial score (nSPS) is 17.7. The zero-order chi connectivity index (χ0) is 7.84. The predicted octanol–water partition coefficient (Wildman–Crippen LogP) is 1.74. The van der Waals surface area contributed by atoms with E-state index in [2.05, 4.69) is 24.0 Å². The molecular formula is C8H13N3. The quantitative estimate of drug-likeness (QED) is 0.644. The van der Waals surface area contributed by atoms with E-state index in [1.165, 1.54) is 12.8 Å². The predicted molar refractivity (Wildman–Crippen MR) is 42.4 cm³/mol. The average molecular weight is 151 g/mol. The van der Waals surface area contributed by atoms with Gasteiger partial charge in [0.2, 0.25) is 0 Å². The summed E-state index contributed by atoms with van der Waals surface area (Å²) in [7, 11) is 0. The molecule has 3 heteroatoms. The fraction of sp³-hybridized carbons (Fsp3) is 0.750. The fourth-order valence-corrected chi connectivity index (χ4v) is 1.03. The van der Waals surface area contributed by atoms with Crippen LogP contribution in [0.4, 0.5) is 0 Å². The molecule has 0 N–H and O–H groups in total. The largest absolute Gasteiger partial charge is 0.182 e. The molecule has 60 valence electrons. The highest BCUT2D eigenvalue weighted by atomic mass is 15.5. The Kier molecular flexibility index (Phi) is 1.44. The lowest BCUT2D eigenvalue weighted by atomic mass is 10.2. The van der Waals surface area contributed by atoms with Crippen molar-refractivity contribution in [2.24, 2.45) is 0 Å². The number of hydrogen-bond donors (Lipinski definition) is 0. The first-order chi connectivity index (χ1) is 5.27. The number of nitrogens with zero attached hydrogens (tertiary/aromatic N) is 3. The first-order valence-electron chi connectivity index (χ1n) is 4.19. The van der Waals surface area contributed by atoms with Crippen molar-refractivity contribution >= 4 is 0 Å². The van der Waals surface area contributed by atoms with Crippen LogP contribution in [0.1, 0.15) is 44.3 Å². The molecule has 0 saturated heterocycles. The van der Waals surface area contributed by atoms with E-state index in [1.54, 1.807) is 0 Å². The Morgan fingerprint density at radius 1 is 1.55 bits per heavy atom. The molecule has 0 aromatic carbocycles. The van der Waals surface area contributed by atoms with Crippen molar-refractivity contribution in [1.82, 2.24) is 15.0 Å². The maximum absolute atomic E-state index is 4.38. The maximum Gasteiger partial charge on any atom is 0.0852 e. The molecule has 1 fully saturated rings. The molecule has 1 aromatic rings. The van der Waals surface area contributed by atoms with Gasteiger partial charge in [0.1, 0.15) is 0 Å². The van der Waals surface area contributed by atoms with E-state index in [9.17, 15) is 0 Å². The molecule has 0 bridgehead atoms. The number of rotatable bonds is 2. The van der Waals surface area contributed by atoms with E-state index < -0.39 is 0 Å². The second-order valence-electron chi connectivity index (χ2n) is 3.48. The van der Waals surface area contributed by atoms with Gasteiger partial charge in [0.05, 0.1) is 17.9 Å². The zero-order valence-corrected chi connectivity index (χ0v) is 6.99. The third-order valence-corrected chi connectivity index (χ3v) is 1.99. The summed E-state index contributed by atoms with van der Waals surface area (Å²) < 4.78 is 0. The van der Waals surface area contributed by atoms with Crippen LogP contribution in [-0.2, 0) is 0 Å². The SMILES string of the molecule is CC(C)c1cnn(C2CC2)n1. The van der Waals surface area contributed by atoms with Crippen molar-refractivity contribution in [3.05, 3.63) is 11.9 Å². The van der Waals surface area contributed by atoms with Crippen LogP contribution in [0.2, 0.25) is 0 Å². The van der Waals surface area contributed by atoms with Crippen molar-refractivity contribution in [2.45, 2.75) is 38.6 Å². The van der Waals surface area contributed by atoms with Crippen LogP contribution < -0.4 is 0 Å². The van der Waals surface area contributed by atoms with Gasteiger partial charge in [-0.3, -0.25) is 0 Å². The van der Waals surface area contributed by atoms with Gasteiger partial charge in [0, 0.05) is 0 Å². The van der Waals surface area contributed by atoms with Crippen molar-refractivity contribution in [3.63, 3.8) is 0 Å². The second-order valence-corrected chi connectivity index (χ2v) is 3.48. The second kappa shape index (κ2) is 2.32. The molecule has 3 nitrogen and oxygen atoms in total. The minimum absolute atomic E-state index is 0.502. The minimum Gasteiger partial charge on any atom is -0.182 e. The number of aromatic nitrogens is 3. The van der Waals surface area contributed by atoms with Gasteiger partial charge < -0.3 is 0 Å². The van der Waals surface area contributed by atoms with Gasteiger partial charge in [-0.25, -0.2) is 0 Å². The Labute approximate surface area is 66.4 Å². The Morgan fingerprint density at radius 2 is 2.27 bits per heavy atom. The van der Waals surface area contributed by atoms with Crippen LogP contribution in [0, 0.1) is 0 Å². The van der Waals surface area contributed by atoms with E-state index in [0.29, 0.717) is 12.0 Å². The van der Waals surface area contributed by atoms with E-state index in [4.69, 9.17) is 0 Å². The third kappa shape index (κ3) is 1.27. The molecule has 0 unspecified atom stereocenters.